The maximum Gasteiger partial charge on any atom is 1.00 e. The summed E-state index contributed by atoms with van der Waals surface area (Å²) in [5.41, 5.74) is 36.7. The minimum Gasteiger partial charge on any atom is -0.373 e. The Hall–Kier alpha value is -0.313. The van der Waals surface area contributed by atoms with Crippen LogP contribution in [0.4, 0.5) is 0 Å². The number of carbonyl (C=O) groups excluding carboxylic acids is 2. The molecule has 1 heterocycles. The van der Waals surface area contributed by atoms with Gasteiger partial charge in [-0.3, -0.25) is 14.5 Å². The van der Waals surface area contributed by atoms with Gasteiger partial charge in [-0.2, -0.15) is 0 Å². The van der Waals surface area contributed by atoms with Gasteiger partial charge in [0, 0.05) is 17.8 Å². The molecule has 1 aliphatic rings. The van der Waals surface area contributed by atoms with Crippen molar-refractivity contribution in [1.29, 1.82) is 0 Å². The van der Waals surface area contributed by atoms with E-state index in [0.29, 0.717) is 25.4 Å². The third-order valence-electron chi connectivity index (χ3n) is 8.67. The Bertz CT molecular complexity index is 1140. The zero-order valence-electron chi connectivity index (χ0n) is 36.4. The molecule has 1 N–H and O–H groups in total. The molecule has 333 valence electrons. The molecule has 1 saturated heterocycles. The van der Waals surface area contributed by atoms with Gasteiger partial charge in [-0.05, 0) is 121 Å². The van der Waals surface area contributed by atoms with E-state index in [0.717, 1.165) is 58.0 Å². The fraction of sp³-hybridized carbons (Fsp3) is 0.762. The van der Waals surface area contributed by atoms with Crippen LogP contribution in [-0.2, 0) is 23.8 Å². The summed E-state index contributed by atoms with van der Waals surface area (Å²) < 4.78 is 14.4. The monoisotopic (exact) mass is 1030 g/mol. The molecule has 0 saturated carbocycles. The Morgan fingerprint density at radius 2 is 0.966 bits per heavy atom. The van der Waals surface area contributed by atoms with Gasteiger partial charge < -0.3 is 30.4 Å². The van der Waals surface area contributed by atoms with Crippen molar-refractivity contribution in [2.75, 3.05) is 27.4 Å². The quantitative estimate of drug-likeness (QED) is 0.00974. The molecular weight excluding hydrogens is 954 g/mol. The van der Waals surface area contributed by atoms with Crippen molar-refractivity contribution in [3.8, 4) is 0 Å². The average molecular weight is 1030 g/mol. The molecule has 0 aliphatic carbocycles. The van der Waals surface area contributed by atoms with Gasteiger partial charge in [-0.15, -0.1) is 0 Å². The van der Waals surface area contributed by atoms with Crippen molar-refractivity contribution in [3.05, 3.63) is 75.0 Å². The number of epoxide rings is 1. The number of allylic oxidation sites excluding steroid dienone is 8. The van der Waals surface area contributed by atoms with Crippen LogP contribution in [0.3, 0.4) is 0 Å². The summed E-state index contributed by atoms with van der Waals surface area (Å²) in [5.74, 6) is -0.231. The first-order chi connectivity index (χ1) is 28.2. The average Bonchev–Trinajstić information content (AvgIpc) is 4.04. The van der Waals surface area contributed by atoms with Gasteiger partial charge >= 0.3 is 89.0 Å². The maximum atomic E-state index is 10.9. The molecule has 0 unspecified atom stereocenters. The smallest absolute Gasteiger partial charge is 0.373 e. The number of methoxy groups -OCH3 is 2. The number of aliphatic hydroxyl groups is 1. The van der Waals surface area contributed by atoms with E-state index in [1.165, 1.54) is 115 Å². The van der Waals surface area contributed by atoms with E-state index < -0.39 is 36.8 Å². The van der Waals surface area contributed by atoms with Crippen LogP contribution in [0.25, 0.3) is 26.4 Å². The van der Waals surface area contributed by atoms with E-state index in [1.54, 1.807) is 0 Å². The van der Waals surface area contributed by atoms with E-state index in [-0.39, 0.29) is 48.0 Å². The number of esters is 2. The Kier molecular flexibility index (Phi) is 63.8. The topological polar surface area (TPSA) is 193 Å². The number of aliphatic hydroxyl groups excluding tert-OH is 1. The molecule has 0 radical (unpaired) electrons. The van der Waals surface area contributed by atoms with Crippen molar-refractivity contribution < 1.29 is 89.1 Å². The van der Waals surface area contributed by atoms with E-state index in [1.807, 2.05) is 0 Å². The van der Waals surface area contributed by atoms with Crippen molar-refractivity contribution in [1.82, 2.24) is 0 Å². The van der Waals surface area contributed by atoms with Crippen LogP contribution in [0.5, 0.6) is 0 Å². The van der Waals surface area contributed by atoms with Gasteiger partial charge in [0.15, 0.2) is 0 Å². The normalized spacial score (nSPS) is 13.2. The van der Waals surface area contributed by atoms with Crippen LogP contribution in [0.2, 0.25) is 0 Å². The fourth-order valence-electron chi connectivity index (χ4n) is 5.38. The first-order valence-electron chi connectivity index (χ1n) is 21.0. The summed E-state index contributed by atoms with van der Waals surface area (Å²) in [6.45, 7) is 1.17. The molecule has 0 aromatic heterocycles. The number of carbonyl (C=O) groups is 2. The molecule has 0 spiro atoms. The van der Waals surface area contributed by atoms with Gasteiger partial charge in [-0.25, -0.2) is 0 Å². The molecule has 1 rings (SSSR count). The van der Waals surface area contributed by atoms with Crippen LogP contribution >= 0.6 is 16.9 Å². The Morgan fingerprint density at radius 3 is 1.29 bits per heavy atom. The zero-order chi connectivity index (χ0) is 43.6. The second-order valence-corrected chi connectivity index (χ2v) is 27.5. The van der Waals surface area contributed by atoms with Crippen molar-refractivity contribution in [3.63, 3.8) is 0 Å². The molecule has 59 heavy (non-hydrogen) atoms. The van der Waals surface area contributed by atoms with Gasteiger partial charge in [0.1, 0.15) is 0 Å². The molecule has 0 bridgehead atoms. The predicted molar refractivity (Wildman–Crippen MR) is 238 cm³/mol. The van der Waals surface area contributed by atoms with Crippen molar-refractivity contribution in [2.45, 2.75) is 179 Å². The molecule has 12 nitrogen and oxygen atoms in total. The largest absolute Gasteiger partial charge is 1.00 e. The number of unbranched alkanes of at least 4 members (excludes halogenated alkanes) is 16. The number of rotatable bonds is 34. The molecule has 17 heteroatoms. The maximum absolute atomic E-state index is 10.9. The minimum absolute atomic E-state index is 0. The first-order valence-corrected chi connectivity index (χ1v) is 32.9. The van der Waals surface area contributed by atoms with E-state index in [9.17, 15) is 14.7 Å². The summed E-state index contributed by atoms with van der Waals surface area (Å²) in [4.78, 5) is 26.0. The third kappa shape index (κ3) is 69.6. The summed E-state index contributed by atoms with van der Waals surface area (Å²) in [6, 6.07) is 0. The van der Waals surface area contributed by atoms with Gasteiger partial charge in [0.2, 0.25) is 0 Å². The first kappa shape index (κ1) is 65.3. The van der Waals surface area contributed by atoms with Crippen LogP contribution in [0.1, 0.15) is 167 Å². The minimum atomic E-state index is -2.24. The number of ether oxygens (including phenoxy) is 3. The standard InChI is InChI=1S/C21H37N3O3.C21H36O3.Ce.3ClH.N3.Na/c1-27-21(26)18-16-14-12-10-8-6-4-2-3-5-7-9-11-13-15-17-20(25)19-23-24-22;1-23-21(22)18-16-14-12-10-8-6-4-2-3-5-7-9-11-13-15-17-20-19-24-20;;;;;1-3-2;/h9-12,20,25H,2-8,13-19H2,1H3;9-12,20H,2-8,13-19H2,1H3;;3*1H;;/q;;+3;;;;-1;+1/p-3/b2*11-9-,12-10-;;;;;;/t2*20-;;;;;;/m00....../s1. The second-order valence-electron chi connectivity index (χ2n) is 13.7. The van der Waals surface area contributed by atoms with E-state index in [4.69, 9.17) is 38.2 Å². The summed E-state index contributed by atoms with van der Waals surface area (Å²) >= 11 is -2.24. The van der Waals surface area contributed by atoms with E-state index >= 15 is 0 Å². The van der Waals surface area contributed by atoms with Crippen LogP contribution in [0, 0.1) is 30.7 Å². The van der Waals surface area contributed by atoms with Crippen LogP contribution < -0.4 is 29.6 Å². The molecule has 0 aromatic rings. The Labute approximate surface area is 400 Å². The van der Waals surface area contributed by atoms with Gasteiger partial charge in [-0.1, -0.05) is 92.2 Å². The number of azide groups is 1. The number of halogens is 3. The Balaban J connectivity index is -0.000000437. The van der Waals surface area contributed by atoms with Crippen molar-refractivity contribution in [2.24, 2.45) is 5.11 Å². The number of hydrogen-bond donors (Lipinski definition) is 1. The third-order valence-corrected chi connectivity index (χ3v) is 8.67. The predicted octanol–water partition coefficient (Wildman–Crippen LogP) is 11.7. The molecule has 0 amide bonds. The van der Waals surface area contributed by atoms with Gasteiger partial charge in [0.25, 0.3) is 0 Å². The SMILES string of the molecule is COC(=O)CCC/C=C\CCCCCCC/C=C\CCC[C@H](O)CN=[N+]=[N-].COC(=O)CCC/C=C\CCCCCCC/C=C\CCC[C@H]1CO1.[Cl][Ce]([Cl])[Cl].[N-]=[N+]=[N-].[Na+]. The molecule has 1 aliphatic heterocycles. The molecular formula is C42H73CeCl3N6NaO6. The summed E-state index contributed by atoms with van der Waals surface area (Å²) in [5, 5.41) is 12.9. The molecule has 0 aromatic carbocycles. The van der Waals surface area contributed by atoms with Crippen LogP contribution in [0.15, 0.2) is 53.7 Å². The Morgan fingerprint density at radius 1 is 0.661 bits per heavy atom. The number of hydrogen-bond acceptors (Lipinski definition) is 7. The summed E-state index contributed by atoms with van der Waals surface area (Å²) in [6.07, 6.45) is 46.7. The number of nitrogens with zero attached hydrogens (tertiary/aromatic N) is 6. The van der Waals surface area contributed by atoms with E-state index in [2.05, 4.69) is 68.1 Å². The fourth-order valence-corrected chi connectivity index (χ4v) is 5.38. The zero-order valence-corrected chi connectivity index (χ0v) is 43.8. The molecule has 2 atom stereocenters. The second kappa shape index (κ2) is 57.7. The molecule has 1 fully saturated rings. The van der Waals surface area contributed by atoms with Gasteiger partial charge in [0.05, 0.1) is 39.6 Å². The van der Waals surface area contributed by atoms with Crippen molar-refractivity contribution >= 4 is 28.8 Å². The van der Waals surface area contributed by atoms with Crippen LogP contribution in [-0.4, -0.2) is 56.6 Å². The summed E-state index contributed by atoms with van der Waals surface area (Å²) in [7, 11) is 2.87.